The Bertz CT molecular complexity index is 773. The minimum atomic E-state index is -0.284. The van der Waals surface area contributed by atoms with Gasteiger partial charge in [-0.25, -0.2) is 0 Å². The van der Waals surface area contributed by atoms with E-state index in [1.807, 2.05) is 12.1 Å². The first kappa shape index (κ1) is 18.9. The summed E-state index contributed by atoms with van der Waals surface area (Å²) in [5.41, 5.74) is 2.58. The fraction of sp³-hybridized carbons (Fsp3) is 0.350. The number of likely N-dealkylation sites (N-methyl/N-ethyl adjacent to an activating group) is 1. The summed E-state index contributed by atoms with van der Waals surface area (Å²) < 4.78 is 0.759. The van der Waals surface area contributed by atoms with E-state index in [0.717, 1.165) is 42.8 Å². The number of nitrogens with one attached hydrogen (secondary N) is 1. The van der Waals surface area contributed by atoms with Crippen molar-refractivity contribution in [2.24, 2.45) is 0 Å². The van der Waals surface area contributed by atoms with Crippen LogP contribution in [0, 0.1) is 0 Å². The lowest BCUT2D eigenvalue weighted by Crippen LogP contribution is -2.43. The molecule has 0 aliphatic carbocycles. The molecule has 1 amide bonds. The van der Waals surface area contributed by atoms with E-state index >= 15 is 0 Å². The van der Waals surface area contributed by atoms with Crippen molar-refractivity contribution in [2.75, 3.05) is 33.2 Å². The van der Waals surface area contributed by atoms with Crippen LogP contribution < -0.4 is 5.32 Å². The van der Waals surface area contributed by atoms with E-state index in [0.29, 0.717) is 6.54 Å². The molecule has 0 saturated carbocycles. The molecular weight excluding hydrogens is 394 g/mol. The summed E-state index contributed by atoms with van der Waals surface area (Å²) in [5, 5.41) is 12.7. The largest absolute Gasteiger partial charge is 0.507 e. The smallest absolute Gasteiger partial charge is 0.255 e. The lowest BCUT2D eigenvalue weighted by Gasteiger charge is -2.32. The molecule has 1 saturated heterocycles. The van der Waals surface area contributed by atoms with Crippen molar-refractivity contribution in [2.45, 2.75) is 13.1 Å². The van der Waals surface area contributed by atoms with Crippen LogP contribution >= 0.6 is 15.9 Å². The van der Waals surface area contributed by atoms with Crippen LogP contribution in [-0.2, 0) is 13.1 Å². The van der Waals surface area contributed by atoms with E-state index in [1.165, 1.54) is 11.6 Å². The van der Waals surface area contributed by atoms with Gasteiger partial charge in [-0.15, -0.1) is 0 Å². The molecule has 1 heterocycles. The predicted molar refractivity (Wildman–Crippen MR) is 106 cm³/mol. The van der Waals surface area contributed by atoms with Crippen LogP contribution in [0.25, 0.3) is 0 Å². The highest BCUT2D eigenvalue weighted by molar-refractivity contribution is 9.10. The molecule has 26 heavy (non-hydrogen) atoms. The molecule has 2 aromatic carbocycles. The molecule has 0 radical (unpaired) electrons. The van der Waals surface area contributed by atoms with Crippen LogP contribution in [0.1, 0.15) is 21.5 Å². The number of phenols is 1. The van der Waals surface area contributed by atoms with Crippen molar-refractivity contribution in [3.8, 4) is 5.75 Å². The second-order valence-corrected chi connectivity index (χ2v) is 7.66. The first-order valence-corrected chi connectivity index (χ1v) is 9.56. The van der Waals surface area contributed by atoms with Gasteiger partial charge in [0.15, 0.2) is 0 Å². The maximum atomic E-state index is 12.3. The summed E-state index contributed by atoms with van der Waals surface area (Å²) >= 11 is 3.32. The van der Waals surface area contributed by atoms with E-state index < -0.39 is 0 Å². The van der Waals surface area contributed by atoms with Gasteiger partial charge < -0.3 is 15.3 Å². The average molecular weight is 418 g/mol. The highest BCUT2D eigenvalue weighted by atomic mass is 79.9. The lowest BCUT2D eigenvalue weighted by atomic mass is 10.1. The maximum absolute atomic E-state index is 12.3. The van der Waals surface area contributed by atoms with Crippen molar-refractivity contribution in [3.05, 3.63) is 63.6 Å². The molecule has 2 N–H and O–H groups in total. The van der Waals surface area contributed by atoms with Gasteiger partial charge in [0.1, 0.15) is 5.75 Å². The standard InChI is InChI=1S/C20H24BrN3O2/c1-23-7-9-24(10-8-23)14-16-4-2-3-15(11-16)13-22-20(26)18-12-17(21)5-6-19(18)25/h2-6,11-12,25H,7-10,13-14H2,1H3,(H,22,26). The summed E-state index contributed by atoms with van der Waals surface area (Å²) in [7, 11) is 2.16. The molecule has 0 bridgehead atoms. The molecule has 0 spiro atoms. The van der Waals surface area contributed by atoms with Gasteiger partial charge in [-0.1, -0.05) is 40.2 Å². The molecule has 5 nitrogen and oxygen atoms in total. The van der Waals surface area contributed by atoms with Crippen LogP contribution in [0.3, 0.4) is 0 Å². The quantitative estimate of drug-likeness (QED) is 0.784. The molecule has 2 aromatic rings. The number of hydrogen-bond donors (Lipinski definition) is 2. The zero-order valence-electron chi connectivity index (χ0n) is 14.9. The van der Waals surface area contributed by atoms with Crippen LogP contribution in [0.15, 0.2) is 46.9 Å². The van der Waals surface area contributed by atoms with E-state index in [4.69, 9.17) is 0 Å². The average Bonchev–Trinajstić information content (AvgIpc) is 2.64. The summed E-state index contributed by atoms with van der Waals surface area (Å²) in [6.07, 6.45) is 0. The molecule has 1 fully saturated rings. The number of halogens is 1. The number of amides is 1. The molecule has 0 unspecified atom stereocenters. The zero-order valence-corrected chi connectivity index (χ0v) is 16.5. The van der Waals surface area contributed by atoms with Crippen molar-refractivity contribution < 1.29 is 9.90 Å². The highest BCUT2D eigenvalue weighted by Gasteiger charge is 2.14. The van der Waals surface area contributed by atoms with Crippen molar-refractivity contribution in [3.63, 3.8) is 0 Å². The van der Waals surface area contributed by atoms with Gasteiger partial charge in [0.05, 0.1) is 5.56 Å². The third kappa shape index (κ3) is 5.06. The number of carbonyl (C=O) groups excluding carboxylic acids is 1. The fourth-order valence-electron chi connectivity index (χ4n) is 3.07. The summed E-state index contributed by atoms with van der Waals surface area (Å²) in [6, 6.07) is 13.1. The third-order valence-electron chi connectivity index (χ3n) is 4.65. The van der Waals surface area contributed by atoms with Gasteiger partial charge in [0.2, 0.25) is 0 Å². The van der Waals surface area contributed by atoms with Gasteiger partial charge in [-0.2, -0.15) is 0 Å². The van der Waals surface area contributed by atoms with Crippen LogP contribution in [0.5, 0.6) is 5.75 Å². The van der Waals surface area contributed by atoms with Gasteiger partial charge in [-0.3, -0.25) is 9.69 Å². The van der Waals surface area contributed by atoms with Gasteiger partial charge in [0, 0.05) is 43.7 Å². The summed E-state index contributed by atoms with van der Waals surface area (Å²) in [6.45, 7) is 5.74. The van der Waals surface area contributed by atoms with E-state index in [-0.39, 0.29) is 17.2 Å². The fourth-order valence-corrected chi connectivity index (χ4v) is 3.43. The summed E-state index contributed by atoms with van der Waals surface area (Å²) in [5.74, 6) is -0.303. The Kier molecular flexibility index (Phi) is 6.29. The molecule has 1 aliphatic rings. The predicted octanol–water partition coefficient (Wildman–Crippen LogP) is 2.83. The zero-order chi connectivity index (χ0) is 18.5. The van der Waals surface area contributed by atoms with Gasteiger partial charge in [-0.05, 0) is 36.4 Å². The Hall–Kier alpha value is -1.89. The Morgan fingerprint density at radius 3 is 2.62 bits per heavy atom. The monoisotopic (exact) mass is 417 g/mol. The maximum Gasteiger partial charge on any atom is 0.255 e. The Labute approximate surface area is 162 Å². The van der Waals surface area contributed by atoms with Crippen LogP contribution in [-0.4, -0.2) is 54.0 Å². The molecule has 3 rings (SSSR count). The molecule has 0 atom stereocenters. The number of hydrogen-bond acceptors (Lipinski definition) is 4. The minimum Gasteiger partial charge on any atom is -0.507 e. The first-order chi connectivity index (χ1) is 12.5. The molecule has 138 valence electrons. The topological polar surface area (TPSA) is 55.8 Å². The van der Waals surface area contributed by atoms with Crippen molar-refractivity contribution >= 4 is 21.8 Å². The van der Waals surface area contributed by atoms with E-state index in [1.54, 1.807) is 12.1 Å². The van der Waals surface area contributed by atoms with Crippen molar-refractivity contribution in [1.29, 1.82) is 0 Å². The lowest BCUT2D eigenvalue weighted by molar-refractivity contribution is 0.0948. The Morgan fingerprint density at radius 1 is 1.12 bits per heavy atom. The molecule has 0 aromatic heterocycles. The number of aromatic hydroxyl groups is 1. The number of phenolic OH excluding ortho intramolecular Hbond substituents is 1. The van der Waals surface area contributed by atoms with Crippen LogP contribution in [0.2, 0.25) is 0 Å². The minimum absolute atomic E-state index is 0.0190. The number of piperazine rings is 1. The highest BCUT2D eigenvalue weighted by Crippen LogP contribution is 2.21. The number of rotatable bonds is 5. The second-order valence-electron chi connectivity index (χ2n) is 6.74. The SMILES string of the molecule is CN1CCN(Cc2cccc(CNC(=O)c3cc(Br)ccc3O)c2)CC1. The molecule has 1 aliphatic heterocycles. The number of benzene rings is 2. The Morgan fingerprint density at radius 2 is 1.85 bits per heavy atom. The second kappa shape index (κ2) is 8.66. The summed E-state index contributed by atoms with van der Waals surface area (Å²) in [4.78, 5) is 17.1. The number of nitrogens with zero attached hydrogens (tertiary/aromatic N) is 2. The molecule has 6 heteroatoms. The number of carbonyl (C=O) groups is 1. The first-order valence-electron chi connectivity index (χ1n) is 8.77. The van der Waals surface area contributed by atoms with Crippen molar-refractivity contribution in [1.82, 2.24) is 15.1 Å². The van der Waals surface area contributed by atoms with Crippen LogP contribution in [0.4, 0.5) is 0 Å². The van der Waals surface area contributed by atoms with Gasteiger partial charge in [0.25, 0.3) is 5.91 Å². The normalized spacial score (nSPS) is 15.8. The van der Waals surface area contributed by atoms with E-state index in [2.05, 4.69) is 50.2 Å². The van der Waals surface area contributed by atoms with E-state index in [9.17, 15) is 9.90 Å². The molecular formula is C20H24BrN3O2. The van der Waals surface area contributed by atoms with Gasteiger partial charge >= 0.3 is 0 Å². The third-order valence-corrected chi connectivity index (χ3v) is 5.14. The Balaban J connectivity index is 1.58.